The van der Waals surface area contributed by atoms with E-state index < -0.39 is 16.1 Å². The maximum Gasteiger partial charge on any atom is 0.268 e. The molecule has 28 heavy (non-hydrogen) atoms. The molecule has 142 valence electrons. The molecule has 1 atom stereocenters. The standard InChI is InChI=1S/C22H20N2O3S/c1-27-21-14-8-6-12-18(21)22(23)20-15-16-9-5-7-13-19(16)24(20)28(25,26)17-10-3-2-4-11-17/h2-15,22H,23H2,1H3/t22-/m1/s1. The molecule has 0 spiro atoms. The highest BCUT2D eigenvalue weighted by Gasteiger charge is 2.27. The molecule has 0 amide bonds. The first-order chi connectivity index (χ1) is 13.5. The lowest BCUT2D eigenvalue weighted by Crippen LogP contribution is -2.22. The van der Waals surface area contributed by atoms with Crippen LogP contribution < -0.4 is 10.5 Å². The fourth-order valence-corrected chi connectivity index (χ4v) is 5.00. The highest BCUT2D eigenvalue weighted by atomic mass is 32.2. The number of hydrogen-bond acceptors (Lipinski definition) is 4. The minimum absolute atomic E-state index is 0.213. The summed E-state index contributed by atoms with van der Waals surface area (Å²) in [7, 11) is -2.26. The summed E-state index contributed by atoms with van der Waals surface area (Å²) in [5, 5.41) is 0.808. The molecule has 0 aliphatic carbocycles. The lowest BCUT2D eigenvalue weighted by Gasteiger charge is -2.19. The molecule has 1 aromatic heterocycles. The molecule has 0 radical (unpaired) electrons. The molecule has 0 fully saturated rings. The Morgan fingerprint density at radius 1 is 0.893 bits per heavy atom. The second kappa shape index (κ2) is 7.14. The van der Waals surface area contributed by atoms with Gasteiger partial charge < -0.3 is 10.5 Å². The average molecular weight is 392 g/mol. The molecule has 0 aliphatic heterocycles. The van der Waals surface area contributed by atoms with E-state index in [1.807, 2.05) is 48.5 Å². The Hall–Kier alpha value is -3.09. The van der Waals surface area contributed by atoms with Crippen molar-refractivity contribution in [1.29, 1.82) is 0 Å². The predicted octanol–water partition coefficient (Wildman–Crippen LogP) is 3.94. The van der Waals surface area contributed by atoms with Gasteiger partial charge in [-0.1, -0.05) is 54.6 Å². The van der Waals surface area contributed by atoms with E-state index in [-0.39, 0.29) is 4.90 Å². The van der Waals surface area contributed by atoms with Gasteiger partial charge in [0.15, 0.2) is 0 Å². The van der Waals surface area contributed by atoms with Crippen molar-refractivity contribution in [2.75, 3.05) is 7.11 Å². The minimum Gasteiger partial charge on any atom is -0.496 e. The highest BCUT2D eigenvalue weighted by Crippen LogP contribution is 2.34. The number of nitrogens with two attached hydrogens (primary N) is 1. The molecule has 2 N–H and O–H groups in total. The van der Waals surface area contributed by atoms with Gasteiger partial charge >= 0.3 is 0 Å². The van der Waals surface area contributed by atoms with Crippen LogP contribution in [-0.4, -0.2) is 19.5 Å². The summed E-state index contributed by atoms with van der Waals surface area (Å²) in [4.78, 5) is 0.213. The normalized spacial score (nSPS) is 12.8. The zero-order chi connectivity index (χ0) is 19.7. The van der Waals surface area contributed by atoms with Gasteiger partial charge in [-0.2, -0.15) is 0 Å². The lowest BCUT2D eigenvalue weighted by atomic mass is 10.0. The summed E-state index contributed by atoms with van der Waals surface area (Å²) in [5.41, 5.74) is 8.36. The summed E-state index contributed by atoms with van der Waals surface area (Å²) >= 11 is 0. The van der Waals surface area contributed by atoms with Gasteiger partial charge in [-0.3, -0.25) is 0 Å². The van der Waals surface area contributed by atoms with Crippen LogP contribution in [0.4, 0.5) is 0 Å². The van der Waals surface area contributed by atoms with Crippen LogP contribution in [0.25, 0.3) is 10.9 Å². The number of hydrogen-bond donors (Lipinski definition) is 1. The van der Waals surface area contributed by atoms with Crippen molar-refractivity contribution in [2.45, 2.75) is 10.9 Å². The Morgan fingerprint density at radius 3 is 2.29 bits per heavy atom. The van der Waals surface area contributed by atoms with Crippen LogP contribution in [0.2, 0.25) is 0 Å². The second-order valence-electron chi connectivity index (χ2n) is 6.43. The number of para-hydroxylation sites is 2. The molecule has 4 rings (SSSR count). The van der Waals surface area contributed by atoms with E-state index in [0.29, 0.717) is 17.0 Å². The van der Waals surface area contributed by atoms with Gasteiger partial charge in [0.2, 0.25) is 0 Å². The number of benzene rings is 3. The fourth-order valence-electron chi connectivity index (χ4n) is 3.42. The zero-order valence-corrected chi connectivity index (χ0v) is 16.1. The Bertz CT molecular complexity index is 1230. The van der Waals surface area contributed by atoms with E-state index in [1.54, 1.807) is 43.5 Å². The van der Waals surface area contributed by atoms with Crippen molar-refractivity contribution in [1.82, 2.24) is 3.97 Å². The zero-order valence-electron chi connectivity index (χ0n) is 15.3. The van der Waals surface area contributed by atoms with Crippen molar-refractivity contribution in [3.8, 4) is 5.75 Å². The van der Waals surface area contributed by atoms with Crippen LogP contribution in [0.3, 0.4) is 0 Å². The predicted molar refractivity (Wildman–Crippen MR) is 110 cm³/mol. The van der Waals surface area contributed by atoms with Crippen molar-refractivity contribution in [3.63, 3.8) is 0 Å². The number of rotatable bonds is 5. The van der Waals surface area contributed by atoms with Gasteiger partial charge in [0.25, 0.3) is 10.0 Å². The maximum absolute atomic E-state index is 13.5. The number of methoxy groups -OCH3 is 1. The summed E-state index contributed by atoms with van der Waals surface area (Å²) < 4.78 is 33.8. The van der Waals surface area contributed by atoms with Crippen LogP contribution >= 0.6 is 0 Å². The minimum atomic E-state index is -3.83. The van der Waals surface area contributed by atoms with Crippen molar-refractivity contribution >= 4 is 20.9 Å². The largest absolute Gasteiger partial charge is 0.496 e. The van der Waals surface area contributed by atoms with E-state index in [0.717, 1.165) is 10.9 Å². The van der Waals surface area contributed by atoms with Gasteiger partial charge in [0.1, 0.15) is 5.75 Å². The Balaban J connectivity index is 1.99. The van der Waals surface area contributed by atoms with E-state index in [1.165, 1.54) is 3.97 Å². The van der Waals surface area contributed by atoms with E-state index in [9.17, 15) is 8.42 Å². The number of nitrogens with zero attached hydrogens (tertiary/aromatic N) is 1. The average Bonchev–Trinajstić information content (AvgIpc) is 3.14. The van der Waals surface area contributed by atoms with Gasteiger partial charge in [-0.25, -0.2) is 12.4 Å². The summed E-state index contributed by atoms with van der Waals surface area (Å²) in [5.74, 6) is 0.615. The first-order valence-corrected chi connectivity index (χ1v) is 10.3. The van der Waals surface area contributed by atoms with Crippen molar-refractivity contribution in [2.24, 2.45) is 5.73 Å². The quantitative estimate of drug-likeness (QED) is 0.558. The van der Waals surface area contributed by atoms with Crippen molar-refractivity contribution in [3.05, 3.63) is 96.2 Å². The smallest absolute Gasteiger partial charge is 0.268 e. The fraction of sp³-hybridized carbons (Fsp3) is 0.0909. The maximum atomic E-state index is 13.5. The second-order valence-corrected chi connectivity index (χ2v) is 8.22. The Kier molecular flexibility index (Phi) is 4.66. The molecule has 3 aromatic carbocycles. The third-order valence-electron chi connectivity index (χ3n) is 4.77. The highest BCUT2D eigenvalue weighted by molar-refractivity contribution is 7.90. The van der Waals surface area contributed by atoms with Gasteiger partial charge in [-0.15, -0.1) is 0 Å². The molecule has 1 heterocycles. The summed E-state index contributed by atoms with van der Waals surface area (Å²) in [6, 6.07) is 24.2. The molecular weight excluding hydrogens is 372 g/mol. The molecule has 0 unspecified atom stereocenters. The monoisotopic (exact) mass is 392 g/mol. The molecule has 0 saturated carbocycles. The van der Waals surface area contributed by atoms with E-state index in [2.05, 4.69) is 0 Å². The molecule has 6 heteroatoms. The van der Waals surface area contributed by atoms with Crippen molar-refractivity contribution < 1.29 is 13.2 Å². The van der Waals surface area contributed by atoms with Crippen LogP contribution in [-0.2, 0) is 10.0 Å². The number of aromatic nitrogens is 1. The molecule has 0 saturated heterocycles. The van der Waals surface area contributed by atoms with Crippen LogP contribution in [0.1, 0.15) is 17.3 Å². The summed E-state index contributed by atoms with van der Waals surface area (Å²) in [6.45, 7) is 0. The molecule has 0 bridgehead atoms. The van der Waals surface area contributed by atoms with Gasteiger partial charge in [-0.05, 0) is 30.3 Å². The Labute approximate surface area is 164 Å². The molecule has 4 aromatic rings. The SMILES string of the molecule is COc1ccccc1[C@@H](N)c1cc2ccccc2n1S(=O)(=O)c1ccccc1. The lowest BCUT2D eigenvalue weighted by molar-refractivity contribution is 0.407. The van der Waals surface area contributed by atoms with E-state index in [4.69, 9.17) is 10.5 Å². The third-order valence-corrected chi connectivity index (χ3v) is 6.52. The third kappa shape index (κ3) is 2.96. The van der Waals surface area contributed by atoms with Gasteiger partial charge in [0, 0.05) is 10.9 Å². The number of fused-ring (bicyclic) bond motifs is 1. The van der Waals surface area contributed by atoms with Crippen LogP contribution in [0.5, 0.6) is 5.75 Å². The Morgan fingerprint density at radius 2 is 1.54 bits per heavy atom. The molecule has 5 nitrogen and oxygen atoms in total. The van der Waals surface area contributed by atoms with Crippen LogP contribution in [0, 0.1) is 0 Å². The molecule has 0 aliphatic rings. The van der Waals surface area contributed by atoms with Gasteiger partial charge in [0.05, 0.1) is 29.3 Å². The first-order valence-electron chi connectivity index (χ1n) is 8.83. The topological polar surface area (TPSA) is 74.3 Å². The van der Waals surface area contributed by atoms with E-state index >= 15 is 0 Å². The first kappa shape index (κ1) is 18.3. The molecular formula is C22H20N2O3S. The van der Waals surface area contributed by atoms with Crippen LogP contribution in [0.15, 0.2) is 89.8 Å². The summed E-state index contributed by atoms with van der Waals surface area (Å²) in [6.07, 6.45) is 0. The number of ether oxygens (including phenoxy) is 1.